The van der Waals surface area contributed by atoms with Crippen LogP contribution in [0.2, 0.25) is 0 Å². The minimum atomic E-state index is -4.64. The molecule has 476 valence electrons. The number of phosphoric ester groups is 1. The summed E-state index contributed by atoms with van der Waals surface area (Å²) in [5.74, 6) is -0.820. The summed E-state index contributed by atoms with van der Waals surface area (Å²) in [6, 6.07) is 0. The van der Waals surface area contributed by atoms with Gasteiger partial charge in [-0.05, 0) is 70.6 Å². The lowest BCUT2D eigenvalue weighted by atomic mass is 10.0. The van der Waals surface area contributed by atoms with Crippen LogP contribution in [0.4, 0.5) is 0 Å². The average molecular weight is 1170 g/mol. The van der Waals surface area contributed by atoms with Crippen LogP contribution in [0.15, 0.2) is 85.1 Å². The van der Waals surface area contributed by atoms with Crippen LogP contribution in [0.3, 0.4) is 0 Å². The van der Waals surface area contributed by atoms with E-state index in [4.69, 9.17) is 18.5 Å². The zero-order chi connectivity index (χ0) is 59.8. The molecular weight excluding hydrogens is 1040 g/mol. The third-order valence-electron chi connectivity index (χ3n) is 14.9. The second-order valence-corrected chi connectivity index (χ2v) is 25.6. The first kappa shape index (κ1) is 79.2. The van der Waals surface area contributed by atoms with Crippen LogP contribution in [0.1, 0.15) is 309 Å². The molecule has 0 aromatic rings. The maximum absolute atomic E-state index is 12.9. The number of likely N-dealkylation sites (N-methyl/N-ethyl adjacent to an activating group) is 1. The van der Waals surface area contributed by atoms with Gasteiger partial charge in [0.1, 0.15) is 19.8 Å². The number of allylic oxidation sites excluding steroid dienone is 14. The fourth-order valence-electron chi connectivity index (χ4n) is 9.70. The highest BCUT2D eigenvalue weighted by Crippen LogP contribution is 2.38. The first-order valence-corrected chi connectivity index (χ1v) is 35.8. The van der Waals surface area contributed by atoms with Crippen LogP contribution in [-0.2, 0) is 32.7 Å². The lowest BCUT2D eigenvalue weighted by molar-refractivity contribution is -0.870. The van der Waals surface area contributed by atoms with E-state index in [2.05, 4.69) is 98.9 Å². The van der Waals surface area contributed by atoms with E-state index in [0.717, 1.165) is 83.5 Å². The third-order valence-corrected chi connectivity index (χ3v) is 15.9. The molecule has 0 aliphatic carbocycles. The predicted octanol–water partition coefficient (Wildman–Crippen LogP) is 21.5. The Labute approximate surface area is 507 Å². The van der Waals surface area contributed by atoms with Crippen molar-refractivity contribution < 1.29 is 42.1 Å². The number of carbonyl (C=O) groups excluding carboxylic acids is 2. The smallest absolute Gasteiger partial charge is 0.306 e. The van der Waals surface area contributed by atoms with Crippen LogP contribution in [0.25, 0.3) is 0 Å². The van der Waals surface area contributed by atoms with Crippen molar-refractivity contribution in [2.45, 2.75) is 315 Å². The fourth-order valence-corrected chi connectivity index (χ4v) is 10.4. The molecule has 10 heteroatoms. The van der Waals surface area contributed by atoms with Gasteiger partial charge in [0.2, 0.25) is 0 Å². The van der Waals surface area contributed by atoms with Gasteiger partial charge in [-0.1, -0.05) is 311 Å². The summed E-state index contributed by atoms with van der Waals surface area (Å²) in [4.78, 5) is 38.0. The summed E-state index contributed by atoms with van der Waals surface area (Å²) >= 11 is 0. The Morgan fingerprint density at radius 1 is 0.390 bits per heavy atom. The number of unbranched alkanes of at least 4 members (excludes halogenated alkanes) is 35. The molecule has 0 saturated carbocycles. The lowest BCUT2D eigenvalue weighted by Gasteiger charge is -2.28. The lowest BCUT2D eigenvalue weighted by Crippen LogP contribution is -2.37. The first-order valence-electron chi connectivity index (χ1n) is 34.3. The monoisotopic (exact) mass is 1170 g/mol. The highest BCUT2D eigenvalue weighted by atomic mass is 31.2. The predicted molar refractivity (Wildman–Crippen MR) is 351 cm³/mol. The van der Waals surface area contributed by atoms with Gasteiger partial charge in [-0.25, -0.2) is 0 Å². The van der Waals surface area contributed by atoms with Crippen molar-refractivity contribution in [1.29, 1.82) is 0 Å². The molecule has 0 spiro atoms. The summed E-state index contributed by atoms with van der Waals surface area (Å²) in [6.07, 6.45) is 85.1. The number of quaternary nitrogens is 1. The number of hydrogen-bond donors (Lipinski definition) is 0. The SMILES string of the molecule is CC/C=C\C/C=C\C/C=C\C/C=C\C/C=C\C/C=C\C/C=C\CCCCCCCCCCCCCCCCCC(=O)OC(COC(=O)CCCCCCCCCCCCCCCCCCCCCCC)COP(=O)([O-])OCC[N+](C)(C)C. The Morgan fingerprint density at radius 3 is 1.04 bits per heavy atom. The average Bonchev–Trinajstić information content (AvgIpc) is 3.46. The Hall–Kier alpha value is -2.81. The number of hydrogen-bond acceptors (Lipinski definition) is 8. The Kier molecular flexibility index (Phi) is 60.6. The van der Waals surface area contributed by atoms with Crippen LogP contribution in [0, 0.1) is 0 Å². The molecule has 2 atom stereocenters. The summed E-state index contributed by atoms with van der Waals surface area (Å²) in [5.41, 5.74) is 0. The van der Waals surface area contributed by atoms with E-state index in [9.17, 15) is 19.0 Å². The molecule has 0 aromatic carbocycles. The molecular formula is C72H130NO8P. The Morgan fingerprint density at radius 2 is 0.695 bits per heavy atom. The van der Waals surface area contributed by atoms with Crippen molar-refractivity contribution >= 4 is 19.8 Å². The van der Waals surface area contributed by atoms with Crippen LogP contribution >= 0.6 is 7.82 Å². The second kappa shape index (κ2) is 62.7. The van der Waals surface area contributed by atoms with Crippen molar-refractivity contribution in [3.05, 3.63) is 85.1 Å². The van der Waals surface area contributed by atoms with Gasteiger partial charge < -0.3 is 27.9 Å². The van der Waals surface area contributed by atoms with Crippen LogP contribution in [0.5, 0.6) is 0 Å². The quantitative estimate of drug-likeness (QED) is 0.0195. The zero-order valence-corrected chi connectivity index (χ0v) is 55.1. The normalized spacial score (nSPS) is 13.7. The minimum Gasteiger partial charge on any atom is -0.756 e. The largest absolute Gasteiger partial charge is 0.756 e. The molecule has 0 heterocycles. The number of rotatable bonds is 63. The Bertz CT molecular complexity index is 1660. The van der Waals surface area contributed by atoms with Gasteiger partial charge in [-0.2, -0.15) is 0 Å². The van der Waals surface area contributed by atoms with Gasteiger partial charge >= 0.3 is 11.9 Å². The van der Waals surface area contributed by atoms with E-state index in [1.165, 1.54) is 193 Å². The van der Waals surface area contributed by atoms with E-state index in [1.807, 2.05) is 21.1 Å². The standard InChI is InChI=1S/C72H130NO8P/c1-6-8-10-12-14-16-18-20-22-24-26-28-29-30-31-32-33-34-35-36-37-38-39-40-41-42-43-45-47-49-51-53-55-57-59-61-63-65-72(75)81-70(69-80-82(76,77)79-67-66-73(3,4)5)68-78-71(74)64-62-60-58-56-54-52-50-48-46-44-27-25-23-21-19-17-15-13-11-9-7-2/h8,10,14,16,20,22,26,28,30-31,33-34,36-37,70H,6-7,9,11-13,15,17-19,21,23-25,27,29,32,35,38-69H2,1-5H3/b10-8-,16-14-,22-20-,28-26-,31-30-,34-33-,37-36-. The molecule has 0 aliphatic heterocycles. The van der Waals surface area contributed by atoms with Crippen molar-refractivity contribution in [3.8, 4) is 0 Å². The topological polar surface area (TPSA) is 111 Å². The van der Waals surface area contributed by atoms with Crippen molar-refractivity contribution in [2.24, 2.45) is 0 Å². The molecule has 0 aliphatic rings. The minimum absolute atomic E-state index is 0.0309. The van der Waals surface area contributed by atoms with E-state index in [-0.39, 0.29) is 32.0 Å². The molecule has 0 aromatic heterocycles. The maximum atomic E-state index is 12.9. The number of phosphoric acid groups is 1. The van der Waals surface area contributed by atoms with Crippen LogP contribution < -0.4 is 4.89 Å². The van der Waals surface area contributed by atoms with Gasteiger partial charge in [0, 0.05) is 12.8 Å². The van der Waals surface area contributed by atoms with E-state index in [1.54, 1.807) is 0 Å². The highest BCUT2D eigenvalue weighted by molar-refractivity contribution is 7.45. The summed E-state index contributed by atoms with van der Waals surface area (Å²) in [6.45, 7) is 4.17. The van der Waals surface area contributed by atoms with Gasteiger partial charge in [0.15, 0.2) is 6.10 Å². The summed E-state index contributed by atoms with van der Waals surface area (Å²) in [7, 11) is 1.17. The van der Waals surface area contributed by atoms with E-state index >= 15 is 0 Å². The van der Waals surface area contributed by atoms with E-state index < -0.39 is 26.5 Å². The molecule has 0 N–H and O–H groups in total. The molecule has 0 fully saturated rings. The fraction of sp³-hybridized carbons (Fsp3) is 0.778. The summed E-state index contributed by atoms with van der Waals surface area (Å²) < 4.78 is 34.3. The third kappa shape index (κ3) is 66.3. The van der Waals surface area contributed by atoms with Gasteiger partial charge in [0.25, 0.3) is 7.82 Å². The molecule has 0 amide bonds. The molecule has 0 radical (unpaired) electrons. The highest BCUT2D eigenvalue weighted by Gasteiger charge is 2.22. The number of nitrogens with zero attached hydrogens (tertiary/aromatic N) is 1. The molecule has 0 saturated heterocycles. The second-order valence-electron chi connectivity index (χ2n) is 24.2. The van der Waals surface area contributed by atoms with E-state index in [0.29, 0.717) is 17.4 Å². The van der Waals surface area contributed by atoms with Crippen molar-refractivity contribution in [2.75, 3.05) is 47.5 Å². The van der Waals surface area contributed by atoms with Gasteiger partial charge in [-0.3, -0.25) is 14.2 Å². The first-order chi connectivity index (χ1) is 40.0. The molecule has 0 bridgehead atoms. The van der Waals surface area contributed by atoms with Crippen molar-refractivity contribution in [3.63, 3.8) is 0 Å². The van der Waals surface area contributed by atoms with Gasteiger partial charge in [0.05, 0.1) is 27.7 Å². The molecule has 82 heavy (non-hydrogen) atoms. The molecule has 9 nitrogen and oxygen atoms in total. The molecule has 0 rings (SSSR count). The molecule has 2 unspecified atom stereocenters. The zero-order valence-electron chi connectivity index (χ0n) is 54.2. The van der Waals surface area contributed by atoms with Crippen LogP contribution in [-0.4, -0.2) is 70.0 Å². The van der Waals surface area contributed by atoms with Crippen molar-refractivity contribution in [1.82, 2.24) is 0 Å². The number of carbonyl (C=O) groups is 2. The number of ether oxygens (including phenoxy) is 2. The maximum Gasteiger partial charge on any atom is 0.306 e. The Balaban J connectivity index is 4.02. The number of esters is 2. The van der Waals surface area contributed by atoms with Gasteiger partial charge in [-0.15, -0.1) is 0 Å². The summed E-state index contributed by atoms with van der Waals surface area (Å²) in [5, 5.41) is 0.